The van der Waals surface area contributed by atoms with Gasteiger partial charge in [-0.1, -0.05) is 48.9 Å². The van der Waals surface area contributed by atoms with Crippen LogP contribution in [0.1, 0.15) is 18.2 Å². The number of fused-ring (bicyclic) bond motifs is 1. The van der Waals surface area contributed by atoms with E-state index in [1.165, 1.54) is 22.2 Å². The first kappa shape index (κ1) is 12.3. The van der Waals surface area contributed by atoms with Crippen molar-refractivity contribution in [3.05, 3.63) is 70.9 Å². The second-order valence-corrected chi connectivity index (χ2v) is 5.20. The zero-order valence-electron chi connectivity index (χ0n) is 10.9. The molecule has 0 amide bonds. The van der Waals surface area contributed by atoms with Crippen LogP contribution < -0.4 is 0 Å². The quantitative estimate of drug-likeness (QED) is 0.637. The van der Waals surface area contributed by atoms with E-state index < -0.39 is 0 Å². The van der Waals surface area contributed by atoms with E-state index in [9.17, 15) is 0 Å². The molecule has 2 heteroatoms. The van der Waals surface area contributed by atoms with E-state index in [0.29, 0.717) is 0 Å². The molecule has 19 heavy (non-hydrogen) atoms. The summed E-state index contributed by atoms with van der Waals surface area (Å²) in [6.45, 7) is 3.10. The number of nitrogens with zero attached hydrogens (tertiary/aromatic N) is 1. The lowest BCUT2D eigenvalue weighted by atomic mass is 10.2. The third-order valence-electron chi connectivity index (χ3n) is 3.49. The molecule has 0 aliphatic heterocycles. The summed E-state index contributed by atoms with van der Waals surface area (Å²) < 4.78 is 2.38. The summed E-state index contributed by atoms with van der Waals surface area (Å²) in [6.07, 6.45) is 1.03. The number of hydrogen-bond donors (Lipinski definition) is 0. The molecule has 1 heterocycles. The molecule has 0 N–H and O–H groups in total. The third kappa shape index (κ3) is 2.39. The second-order valence-electron chi connectivity index (χ2n) is 4.76. The Morgan fingerprint density at radius 2 is 1.79 bits per heavy atom. The molecule has 0 aliphatic carbocycles. The number of aryl methyl sites for hydroxylation is 1. The Morgan fingerprint density at radius 1 is 1.00 bits per heavy atom. The molecular formula is C17H16ClN. The van der Waals surface area contributed by atoms with E-state index in [2.05, 4.69) is 54.0 Å². The van der Waals surface area contributed by atoms with Gasteiger partial charge in [-0.2, -0.15) is 0 Å². The fraction of sp³-hybridized carbons (Fsp3) is 0.176. The minimum Gasteiger partial charge on any atom is -0.340 e. The number of aromatic nitrogens is 1. The van der Waals surface area contributed by atoms with Gasteiger partial charge in [-0.25, -0.2) is 0 Å². The van der Waals surface area contributed by atoms with E-state index in [0.717, 1.165) is 18.0 Å². The van der Waals surface area contributed by atoms with Crippen LogP contribution in [0.5, 0.6) is 0 Å². The first-order valence-corrected chi connectivity index (χ1v) is 6.97. The summed E-state index contributed by atoms with van der Waals surface area (Å²) in [5.74, 6) is 0. The average molecular weight is 270 g/mol. The van der Waals surface area contributed by atoms with Crippen molar-refractivity contribution in [2.45, 2.75) is 19.9 Å². The monoisotopic (exact) mass is 269 g/mol. The normalized spacial score (nSPS) is 11.1. The number of halogens is 1. The molecule has 2 aromatic carbocycles. The predicted octanol–water partition coefficient (Wildman–Crippen LogP) is 4.91. The van der Waals surface area contributed by atoms with Gasteiger partial charge in [-0.05, 0) is 36.2 Å². The molecule has 0 fully saturated rings. The third-order valence-corrected chi connectivity index (χ3v) is 3.73. The molecule has 96 valence electrons. The second kappa shape index (κ2) is 5.10. The molecule has 0 radical (unpaired) electrons. The summed E-state index contributed by atoms with van der Waals surface area (Å²) in [5.41, 5.74) is 3.93. The van der Waals surface area contributed by atoms with Gasteiger partial charge in [0.15, 0.2) is 0 Å². The minimum absolute atomic E-state index is 0.798. The SMILES string of the molecule is CCc1cc2cc(Cl)ccc2n1Cc1ccccc1. The standard InChI is InChI=1S/C17H16ClN/c1-2-16-11-14-10-15(18)8-9-17(14)19(16)12-13-6-4-3-5-7-13/h3-11H,2,12H2,1H3. The van der Waals surface area contributed by atoms with E-state index in [1.807, 2.05) is 12.1 Å². The highest BCUT2D eigenvalue weighted by Gasteiger charge is 2.08. The van der Waals surface area contributed by atoms with Crippen LogP contribution in [0.4, 0.5) is 0 Å². The molecule has 0 aliphatic rings. The van der Waals surface area contributed by atoms with Crippen molar-refractivity contribution >= 4 is 22.5 Å². The number of benzene rings is 2. The van der Waals surface area contributed by atoms with Crippen molar-refractivity contribution in [3.63, 3.8) is 0 Å². The van der Waals surface area contributed by atoms with Gasteiger partial charge in [0.25, 0.3) is 0 Å². The Labute approximate surface area is 118 Å². The van der Waals surface area contributed by atoms with Crippen molar-refractivity contribution in [2.24, 2.45) is 0 Å². The van der Waals surface area contributed by atoms with Gasteiger partial charge in [0.05, 0.1) is 0 Å². The molecular weight excluding hydrogens is 254 g/mol. The molecule has 0 saturated carbocycles. The molecule has 0 spiro atoms. The van der Waals surface area contributed by atoms with E-state index in [4.69, 9.17) is 11.6 Å². The molecule has 0 atom stereocenters. The van der Waals surface area contributed by atoms with Gasteiger partial charge < -0.3 is 4.57 Å². The van der Waals surface area contributed by atoms with Gasteiger partial charge in [0.1, 0.15) is 0 Å². The van der Waals surface area contributed by atoms with Crippen LogP contribution in [0.2, 0.25) is 5.02 Å². The van der Waals surface area contributed by atoms with Crippen LogP contribution in [-0.4, -0.2) is 4.57 Å². The lowest BCUT2D eigenvalue weighted by Gasteiger charge is -2.10. The Morgan fingerprint density at radius 3 is 2.53 bits per heavy atom. The van der Waals surface area contributed by atoms with Crippen LogP contribution in [-0.2, 0) is 13.0 Å². The fourth-order valence-corrected chi connectivity index (χ4v) is 2.73. The summed E-state index contributed by atoms with van der Waals surface area (Å²) in [4.78, 5) is 0. The molecule has 0 saturated heterocycles. The first-order valence-electron chi connectivity index (χ1n) is 6.59. The number of hydrogen-bond acceptors (Lipinski definition) is 0. The highest BCUT2D eigenvalue weighted by atomic mass is 35.5. The van der Waals surface area contributed by atoms with E-state index >= 15 is 0 Å². The molecule has 3 aromatic rings. The van der Waals surface area contributed by atoms with Crippen molar-refractivity contribution in [3.8, 4) is 0 Å². The Bertz CT molecular complexity index is 698. The van der Waals surface area contributed by atoms with Gasteiger partial charge in [-0.15, -0.1) is 0 Å². The van der Waals surface area contributed by atoms with Crippen LogP contribution >= 0.6 is 11.6 Å². The summed E-state index contributed by atoms with van der Waals surface area (Å²) >= 11 is 6.07. The Balaban J connectivity index is 2.11. The average Bonchev–Trinajstić information content (AvgIpc) is 2.77. The van der Waals surface area contributed by atoms with Gasteiger partial charge in [-0.3, -0.25) is 0 Å². The summed E-state index contributed by atoms with van der Waals surface area (Å²) in [6, 6.07) is 18.9. The first-order chi connectivity index (χ1) is 9.28. The maximum Gasteiger partial charge on any atom is 0.0486 e. The predicted molar refractivity (Wildman–Crippen MR) is 81.9 cm³/mol. The maximum atomic E-state index is 6.07. The van der Waals surface area contributed by atoms with Crippen molar-refractivity contribution in [1.29, 1.82) is 0 Å². The van der Waals surface area contributed by atoms with Crippen LogP contribution in [0.15, 0.2) is 54.6 Å². The fourth-order valence-electron chi connectivity index (χ4n) is 2.54. The van der Waals surface area contributed by atoms with Crippen LogP contribution in [0, 0.1) is 0 Å². The minimum atomic E-state index is 0.798. The highest BCUT2D eigenvalue weighted by molar-refractivity contribution is 6.31. The Kier molecular flexibility index (Phi) is 3.31. The highest BCUT2D eigenvalue weighted by Crippen LogP contribution is 2.24. The van der Waals surface area contributed by atoms with Crippen molar-refractivity contribution < 1.29 is 0 Å². The van der Waals surface area contributed by atoms with Gasteiger partial charge >= 0.3 is 0 Å². The van der Waals surface area contributed by atoms with Crippen LogP contribution in [0.25, 0.3) is 10.9 Å². The molecule has 0 bridgehead atoms. The lowest BCUT2D eigenvalue weighted by molar-refractivity contribution is 0.776. The van der Waals surface area contributed by atoms with E-state index in [1.54, 1.807) is 0 Å². The van der Waals surface area contributed by atoms with Crippen molar-refractivity contribution in [2.75, 3.05) is 0 Å². The zero-order chi connectivity index (χ0) is 13.2. The lowest BCUT2D eigenvalue weighted by Crippen LogP contribution is -2.03. The topological polar surface area (TPSA) is 4.93 Å². The molecule has 3 rings (SSSR count). The van der Waals surface area contributed by atoms with E-state index in [-0.39, 0.29) is 0 Å². The summed E-state index contributed by atoms with van der Waals surface area (Å²) in [7, 11) is 0. The maximum absolute atomic E-state index is 6.07. The molecule has 0 unspecified atom stereocenters. The number of rotatable bonds is 3. The zero-order valence-corrected chi connectivity index (χ0v) is 11.7. The van der Waals surface area contributed by atoms with Crippen LogP contribution in [0.3, 0.4) is 0 Å². The van der Waals surface area contributed by atoms with Gasteiger partial charge in [0.2, 0.25) is 0 Å². The summed E-state index contributed by atoms with van der Waals surface area (Å²) in [5, 5.41) is 2.02. The van der Waals surface area contributed by atoms with Gasteiger partial charge in [0, 0.05) is 28.2 Å². The Hall–Kier alpha value is -1.73. The largest absolute Gasteiger partial charge is 0.340 e. The molecule has 1 aromatic heterocycles. The molecule has 1 nitrogen and oxygen atoms in total. The van der Waals surface area contributed by atoms with Crippen molar-refractivity contribution in [1.82, 2.24) is 4.57 Å². The smallest absolute Gasteiger partial charge is 0.0486 e.